The summed E-state index contributed by atoms with van der Waals surface area (Å²) in [6, 6.07) is 8.52. The lowest BCUT2D eigenvalue weighted by Gasteiger charge is -2.45. The number of ether oxygens (including phenoxy) is 1. The van der Waals surface area contributed by atoms with Gasteiger partial charge in [-0.1, -0.05) is 31.5 Å². The average Bonchev–Trinajstić information content (AvgIpc) is 2.35. The van der Waals surface area contributed by atoms with Crippen LogP contribution in [0.3, 0.4) is 0 Å². The lowest BCUT2D eigenvalue weighted by molar-refractivity contribution is 0.106. The van der Waals surface area contributed by atoms with E-state index in [4.69, 9.17) is 10.5 Å². The number of likely N-dealkylation sites (N-methyl/N-ethyl adjacent to an activating group) is 1. The van der Waals surface area contributed by atoms with Crippen LogP contribution in [0, 0.1) is 12.8 Å². The molecule has 1 rings (SSSR count). The highest BCUT2D eigenvalue weighted by molar-refractivity contribution is 5.50. The van der Waals surface area contributed by atoms with Crippen LogP contribution in [0.15, 0.2) is 24.3 Å². The SMILES string of the molecule is COCC(CN)(C(C)C)N(C)c1ccc(C)cc1. The number of hydrogen-bond donors (Lipinski definition) is 1. The van der Waals surface area contributed by atoms with Crippen molar-refractivity contribution < 1.29 is 4.74 Å². The fourth-order valence-corrected chi connectivity index (χ4v) is 2.36. The van der Waals surface area contributed by atoms with Gasteiger partial charge in [-0.3, -0.25) is 0 Å². The van der Waals surface area contributed by atoms with Crippen LogP contribution < -0.4 is 10.6 Å². The molecule has 3 nitrogen and oxygen atoms in total. The molecule has 0 aliphatic carbocycles. The first-order valence-corrected chi connectivity index (χ1v) is 6.47. The van der Waals surface area contributed by atoms with Gasteiger partial charge in [-0.05, 0) is 25.0 Å². The topological polar surface area (TPSA) is 38.5 Å². The second-order valence-electron chi connectivity index (χ2n) is 5.29. The van der Waals surface area contributed by atoms with E-state index in [0.29, 0.717) is 19.1 Å². The molecule has 102 valence electrons. The zero-order valence-electron chi connectivity index (χ0n) is 12.2. The Kier molecular flexibility index (Phi) is 5.17. The lowest BCUT2D eigenvalue weighted by atomic mass is 9.85. The molecule has 1 aromatic carbocycles. The number of rotatable bonds is 6. The molecule has 0 bridgehead atoms. The van der Waals surface area contributed by atoms with Crippen molar-refractivity contribution in [3.05, 3.63) is 29.8 Å². The minimum absolute atomic E-state index is 0.163. The van der Waals surface area contributed by atoms with Crippen LogP contribution in [-0.2, 0) is 4.74 Å². The predicted octanol–water partition coefficient (Wildman–Crippen LogP) is 2.43. The molecule has 1 aromatic rings. The fraction of sp³-hybridized carbons (Fsp3) is 0.600. The third kappa shape index (κ3) is 2.85. The van der Waals surface area contributed by atoms with Crippen molar-refractivity contribution >= 4 is 5.69 Å². The Bertz CT molecular complexity index is 361. The van der Waals surface area contributed by atoms with Crippen molar-refractivity contribution in [1.82, 2.24) is 0 Å². The van der Waals surface area contributed by atoms with Gasteiger partial charge in [0.2, 0.25) is 0 Å². The largest absolute Gasteiger partial charge is 0.382 e. The minimum atomic E-state index is -0.163. The maximum absolute atomic E-state index is 6.04. The molecular weight excluding hydrogens is 224 g/mol. The summed E-state index contributed by atoms with van der Waals surface area (Å²) in [5, 5.41) is 0. The van der Waals surface area contributed by atoms with Gasteiger partial charge < -0.3 is 15.4 Å². The molecule has 0 aliphatic rings. The summed E-state index contributed by atoms with van der Waals surface area (Å²) in [7, 11) is 3.83. The van der Waals surface area contributed by atoms with Crippen LogP contribution in [0.5, 0.6) is 0 Å². The predicted molar refractivity (Wildman–Crippen MR) is 78.1 cm³/mol. The van der Waals surface area contributed by atoms with Crippen molar-refractivity contribution in [3.8, 4) is 0 Å². The first-order valence-electron chi connectivity index (χ1n) is 6.47. The Hall–Kier alpha value is -1.06. The molecule has 2 N–H and O–H groups in total. The molecular formula is C15H26N2O. The Morgan fingerprint density at radius 2 is 1.83 bits per heavy atom. The van der Waals surface area contributed by atoms with Crippen LogP contribution >= 0.6 is 0 Å². The second kappa shape index (κ2) is 6.21. The third-order valence-corrected chi connectivity index (χ3v) is 3.91. The van der Waals surface area contributed by atoms with E-state index in [1.807, 2.05) is 0 Å². The summed E-state index contributed by atoms with van der Waals surface area (Å²) in [6.45, 7) is 7.68. The standard InChI is InChI=1S/C15H26N2O/c1-12(2)15(10-16,11-18-5)17(4)14-8-6-13(3)7-9-14/h6-9,12H,10-11,16H2,1-5H3. The zero-order chi connectivity index (χ0) is 13.8. The minimum Gasteiger partial charge on any atom is -0.382 e. The first-order chi connectivity index (χ1) is 8.47. The molecule has 0 spiro atoms. The van der Waals surface area contributed by atoms with Gasteiger partial charge in [-0.2, -0.15) is 0 Å². The van der Waals surface area contributed by atoms with E-state index in [0.717, 1.165) is 0 Å². The van der Waals surface area contributed by atoms with E-state index in [2.05, 4.69) is 57.0 Å². The average molecular weight is 250 g/mol. The van der Waals surface area contributed by atoms with Crippen molar-refractivity contribution in [2.24, 2.45) is 11.7 Å². The van der Waals surface area contributed by atoms with Crippen LogP contribution in [0.25, 0.3) is 0 Å². The van der Waals surface area contributed by atoms with Gasteiger partial charge >= 0.3 is 0 Å². The first kappa shape index (κ1) is 15.0. The summed E-state index contributed by atoms with van der Waals surface area (Å²) < 4.78 is 5.40. The van der Waals surface area contributed by atoms with E-state index in [9.17, 15) is 0 Å². The number of hydrogen-bond acceptors (Lipinski definition) is 3. The molecule has 0 amide bonds. The Balaban J connectivity index is 3.08. The van der Waals surface area contributed by atoms with Crippen molar-refractivity contribution in [2.75, 3.05) is 32.2 Å². The van der Waals surface area contributed by atoms with Gasteiger partial charge in [-0.25, -0.2) is 0 Å². The van der Waals surface area contributed by atoms with E-state index >= 15 is 0 Å². The Morgan fingerprint density at radius 3 is 2.22 bits per heavy atom. The van der Waals surface area contributed by atoms with E-state index in [1.54, 1.807) is 7.11 Å². The van der Waals surface area contributed by atoms with Crippen molar-refractivity contribution in [2.45, 2.75) is 26.3 Å². The molecule has 0 aliphatic heterocycles. The third-order valence-electron chi connectivity index (χ3n) is 3.91. The van der Waals surface area contributed by atoms with Crippen LogP contribution in [0.2, 0.25) is 0 Å². The quantitative estimate of drug-likeness (QED) is 0.842. The number of nitrogens with two attached hydrogens (primary N) is 1. The zero-order valence-corrected chi connectivity index (χ0v) is 12.2. The maximum atomic E-state index is 6.04. The van der Waals surface area contributed by atoms with E-state index < -0.39 is 0 Å². The number of anilines is 1. The molecule has 0 saturated heterocycles. The fourth-order valence-electron chi connectivity index (χ4n) is 2.36. The molecule has 0 aromatic heterocycles. The van der Waals surface area contributed by atoms with Gasteiger partial charge in [0.1, 0.15) is 0 Å². The Morgan fingerprint density at radius 1 is 1.28 bits per heavy atom. The smallest absolute Gasteiger partial charge is 0.0776 e. The lowest BCUT2D eigenvalue weighted by Crippen LogP contribution is -2.59. The molecule has 0 radical (unpaired) electrons. The summed E-state index contributed by atoms with van der Waals surface area (Å²) in [5.41, 5.74) is 8.32. The molecule has 0 fully saturated rings. The summed E-state index contributed by atoms with van der Waals surface area (Å²) in [5.74, 6) is 0.411. The van der Waals surface area contributed by atoms with Gasteiger partial charge in [0, 0.05) is 26.4 Å². The molecule has 0 saturated carbocycles. The number of benzene rings is 1. The van der Waals surface area contributed by atoms with Gasteiger partial charge in [0.15, 0.2) is 0 Å². The van der Waals surface area contributed by atoms with E-state index in [1.165, 1.54) is 11.3 Å². The van der Waals surface area contributed by atoms with Crippen molar-refractivity contribution in [3.63, 3.8) is 0 Å². The normalized spacial score (nSPS) is 14.6. The number of nitrogens with zero attached hydrogens (tertiary/aromatic N) is 1. The summed E-state index contributed by atoms with van der Waals surface area (Å²) in [6.07, 6.45) is 0. The van der Waals surface area contributed by atoms with Crippen LogP contribution in [0.1, 0.15) is 19.4 Å². The molecule has 1 atom stereocenters. The van der Waals surface area contributed by atoms with Crippen LogP contribution in [0.4, 0.5) is 5.69 Å². The van der Waals surface area contributed by atoms with Crippen LogP contribution in [-0.4, -0.2) is 32.8 Å². The van der Waals surface area contributed by atoms with E-state index in [-0.39, 0.29) is 5.54 Å². The number of aryl methyl sites for hydroxylation is 1. The van der Waals surface area contributed by atoms with Crippen molar-refractivity contribution in [1.29, 1.82) is 0 Å². The molecule has 3 heteroatoms. The highest BCUT2D eigenvalue weighted by Crippen LogP contribution is 2.29. The van der Waals surface area contributed by atoms with Gasteiger partial charge in [-0.15, -0.1) is 0 Å². The summed E-state index contributed by atoms with van der Waals surface area (Å²) in [4.78, 5) is 2.25. The highest BCUT2D eigenvalue weighted by Gasteiger charge is 2.37. The Labute approximate surface area is 111 Å². The summed E-state index contributed by atoms with van der Waals surface area (Å²) >= 11 is 0. The second-order valence-corrected chi connectivity index (χ2v) is 5.29. The molecule has 1 unspecified atom stereocenters. The number of methoxy groups -OCH3 is 1. The van der Waals surface area contributed by atoms with Gasteiger partial charge in [0.05, 0.1) is 12.1 Å². The molecule has 0 heterocycles. The highest BCUT2D eigenvalue weighted by atomic mass is 16.5. The van der Waals surface area contributed by atoms with Gasteiger partial charge in [0.25, 0.3) is 0 Å². The molecule has 18 heavy (non-hydrogen) atoms. The maximum Gasteiger partial charge on any atom is 0.0776 e. The monoisotopic (exact) mass is 250 g/mol.